The zero-order valence-electron chi connectivity index (χ0n) is 8.96. The molecule has 0 saturated heterocycles. The highest BCUT2D eigenvalue weighted by atomic mass is 19.1. The van der Waals surface area contributed by atoms with Crippen molar-refractivity contribution in [1.82, 2.24) is 0 Å². The SMILES string of the molecule is CC(C)Cc1ccc(OC(C)F)cc1. The van der Waals surface area contributed by atoms with Crippen molar-refractivity contribution in [3.05, 3.63) is 29.8 Å². The van der Waals surface area contributed by atoms with Crippen LogP contribution in [0.5, 0.6) is 5.75 Å². The number of ether oxygens (including phenoxy) is 1. The predicted octanol–water partition coefficient (Wildman–Crippen LogP) is 3.58. The molecule has 0 N–H and O–H groups in total. The molecule has 1 nitrogen and oxygen atoms in total. The first-order chi connectivity index (χ1) is 6.58. The van der Waals surface area contributed by atoms with Gasteiger partial charge in [0, 0.05) is 6.92 Å². The molecular weight excluding hydrogens is 179 g/mol. The molecule has 0 fully saturated rings. The van der Waals surface area contributed by atoms with Crippen LogP contribution in [-0.4, -0.2) is 6.36 Å². The molecule has 0 aliphatic carbocycles. The van der Waals surface area contributed by atoms with Crippen molar-refractivity contribution in [1.29, 1.82) is 0 Å². The van der Waals surface area contributed by atoms with Crippen molar-refractivity contribution in [2.24, 2.45) is 5.92 Å². The molecule has 1 unspecified atom stereocenters. The topological polar surface area (TPSA) is 9.23 Å². The fraction of sp³-hybridized carbons (Fsp3) is 0.500. The zero-order valence-corrected chi connectivity index (χ0v) is 8.96. The molecule has 0 bridgehead atoms. The second-order valence-electron chi connectivity index (χ2n) is 3.90. The van der Waals surface area contributed by atoms with Crippen LogP contribution in [0.15, 0.2) is 24.3 Å². The smallest absolute Gasteiger partial charge is 0.235 e. The van der Waals surface area contributed by atoms with Gasteiger partial charge in [-0.25, -0.2) is 4.39 Å². The minimum Gasteiger partial charge on any atom is -0.461 e. The van der Waals surface area contributed by atoms with Gasteiger partial charge in [0.05, 0.1) is 0 Å². The first-order valence-electron chi connectivity index (χ1n) is 4.97. The van der Waals surface area contributed by atoms with Crippen LogP contribution in [0.3, 0.4) is 0 Å². The molecule has 1 aromatic carbocycles. The van der Waals surface area contributed by atoms with Crippen molar-refractivity contribution < 1.29 is 9.13 Å². The summed E-state index contributed by atoms with van der Waals surface area (Å²) in [6.45, 7) is 5.73. The number of alkyl halides is 1. The lowest BCUT2D eigenvalue weighted by atomic mass is 10.0. The van der Waals surface area contributed by atoms with Crippen LogP contribution in [0, 0.1) is 5.92 Å². The number of rotatable bonds is 4. The zero-order chi connectivity index (χ0) is 10.6. The number of halogens is 1. The van der Waals surface area contributed by atoms with Gasteiger partial charge in [-0.1, -0.05) is 26.0 Å². The summed E-state index contributed by atoms with van der Waals surface area (Å²) in [5, 5.41) is 0. The summed E-state index contributed by atoms with van der Waals surface area (Å²) in [4.78, 5) is 0. The van der Waals surface area contributed by atoms with E-state index in [-0.39, 0.29) is 0 Å². The number of hydrogen-bond donors (Lipinski definition) is 0. The van der Waals surface area contributed by atoms with Gasteiger partial charge in [0.2, 0.25) is 6.36 Å². The van der Waals surface area contributed by atoms with Gasteiger partial charge in [0.1, 0.15) is 5.75 Å². The van der Waals surface area contributed by atoms with Gasteiger partial charge in [-0.05, 0) is 30.0 Å². The lowest BCUT2D eigenvalue weighted by molar-refractivity contribution is 0.0860. The van der Waals surface area contributed by atoms with Crippen LogP contribution in [0.4, 0.5) is 4.39 Å². The van der Waals surface area contributed by atoms with E-state index in [1.807, 2.05) is 24.3 Å². The van der Waals surface area contributed by atoms with Crippen LogP contribution in [0.1, 0.15) is 26.3 Å². The number of benzene rings is 1. The highest BCUT2D eigenvalue weighted by molar-refractivity contribution is 5.27. The van der Waals surface area contributed by atoms with Crippen LogP contribution < -0.4 is 4.74 Å². The Balaban J connectivity index is 2.59. The van der Waals surface area contributed by atoms with Crippen molar-refractivity contribution in [3.63, 3.8) is 0 Å². The maximum Gasteiger partial charge on any atom is 0.235 e. The van der Waals surface area contributed by atoms with Crippen molar-refractivity contribution in [2.75, 3.05) is 0 Å². The fourth-order valence-corrected chi connectivity index (χ4v) is 1.36. The Morgan fingerprint density at radius 3 is 2.14 bits per heavy atom. The molecule has 2 heteroatoms. The molecule has 0 aromatic heterocycles. The predicted molar refractivity (Wildman–Crippen MR) is 56.2 cm³/mol. The maximum absolute atomic E-state index is 12.5. The van der Waals surface area contributed by atoms with Crippen LogP contribution in [0.2, 0.25) is 0 Å². The molecule has 0 heterocycles. The third-order valence-electron chi connectivity index (χ3n) is 1.87. The molecule has 0 aliphatic rings. The van der Waals surface area contributed by atoms with Gasteiger partial charge in [-0.15, -0.1) is 0 Å². The van der Waals surface area contributed by atoms with E-state index in [1.165, 1.54) is 12.5 Å². The lowest BCUT2D eigenvalue weighted by Crippen LogP contribution is -2.03. The molecule has 78 valence electrons. The summed E-state index contributed by atoms with van der Waals surface area (Å²) in [5.74, 6) is 1.23. The summed E-state index contributed by atoms with van der Waals surface area (Å²) >= 11 is 0. The highest BCUT2D eigenvalue weighted by Gasteiger charge is 2.01. The molecule has 0 radical (unpaired) electrons. The molecule has 14 heavy (non-hydrogen) atoms. The van der Waals surface area contributed by atoms with Gasteiger partial charge >= 0.3 is 0 Å². The Labute approximate surface area is 84.9 Å². The molecule has 0 amide bonds. The minimum atomic E-state index is -1.24. The van der Waals surface area contributed by atoms with E-state index in [9.17, 15) is 4.39 Å². The molecule has 0 aliphatic heterocycles. The van der Waals surface area contributed by atoms with Gasteiger partial charge in [-0.3, -0.25) is 0 Å². The van der Waals surface area contributed by atoms with E-state index in [0.717, 1.165) is 6.42 Å². The van der Waals surface area contributed by atoms with E-state index in [2.05, 4.69) is 13.8 Å². The minimum absolute atomic E-state index is 0.590. The van der Waals surface area contributed by atoms with Gasteiger partial charge in [-0.2, -0.15) is 0 Å². The Hall–Kier alpha value is -1.05. The van der Waals surface area contributed by atoms with E-state index in [1.54, 1.807) is 0 Å². The number of hydrogen-bond acceptors (Lipinski definition) is 1. The Kier molecular flexibility index (Phi) is 3.93. The standard InChI is InChI=1S/C12H17FO/c1-9(2)8-11-4-6-12(7-5-11)14-10(3)13/h4-7,9-10H,8H2,1-3H3. The molecule has 1 atom stereocenters. The van der Waals surface area contributed by atoms with Gasteiger partial charge < -0.3 is 4.74 Å². The quantitative estimate of drug-likeness (QED) is 0.715. The summed E-state index contributed by atoms with van der Waals surface area (Å²) in [5.41, 5.74) is 1.26. The van der Waals surface area contributed by atoms with E-state index in [4.69, 9.17) is 4.74 Å². The van der Waals surface area contributed by atoms with Crippen LogP contribution in [0.25, 0.3) is 0 Å². The lowest BCUT2D eigenvalue weighted by Gasteiger charge is -2.08. The molecule has 0 saturated carbocycles. The van der Waals surface area contributed by atoms with E-state index < -0.39 is 6.36 Å². The van der Waals surface area contributed by atoms with Gasteiger partial charge in [0.25, 0.3) is 0 Å². The van der Waals surface area contributed by atoms with E-state index >= 15 is 0 Å². The largest absolute Gasteiger partial charge is 0.461 e. The normalized spacial score (nSPS) is 12.9. The summed E-state index contributed by atoms with van der Waals surface area (Å²) in [6, 6.07) is 7.59. The third kappa shape index (κ3) is 3.77. The van der Waals surface area contributed by atoms with Crippen LogP contribution >= 0.6 is 0 Å². The average Bonchev–Trinajstić information content (AvgIpc) is 2.06. The summed E-state index contributed by atoms with van der Waals surface area (Å²) < 4.78 is 17.4. The first kappa shape index (κ1) is 11.0. The Bertz CT molecular complexity index is 235. The van der Waals surface area contributed by atoms with E-state index in [0.29, 0.717) is 11.7 Å². The molecule has 1 rings (SSSR count). The van der Waals surface area contributed by atoms with Gasteiger partial charge in [0.15, 0.2) is 0 Å². The second-order valence-corrected chi connectivity index (χ2v) is 3.90. The Morgan fingerprint density at radius 1 is 1.14 bits per heavy atom. The Morgan fingerprint density at radius 2 is 1.71 bits per heavy atom. The molecule has 1 aromatic rings. The molecular formula is C12H17FO. The van der Waals surface area contributed by atoms with Crippen LogP contribution in [-0.2, 0) is 6.42 Å². The first-order valence-corrected chi connectivity index (χ1v) is 4.97. The maximum atomic E-state index is 12.5. The fourth-order valence-electron chi connectivity index (χ4n) is 1.36. The van der Waals surface area contributed by atoms with Crippen molar-refractivity contribution in [3.8, 4) is 5.75 Å². The monoisotopic (exact) mass is 196 g/mol. The average molecular weight is 196 g/mol. The summed E-state index contributed by atoms with van der Waals surface area (Å²) in [6.07, 6.45) is -0.197. The summed E-state index contributed by atoms with van der Waals surface area (Å²) in [7, 11) is 0. The second kappa shape index (κ2) is 4.99. The highest BCUT2D eigenvalue weighted by Crippen LogP contribution is 2.16. The molecule has 0 spiro atoms. The van der Waals surface area contributed by atoms with Crippen molar-refractivity contribution in [2.45, 2.75) is 33.5 Å². The third-order valence-corrected chi connectivity index (χ3v) is 1.87. The van der Waals surface area contributed by atoms with Crippen molar-refractivity contribution >= 4 is 0 Å².